The van der Waals surface area contributed by atoms with Crippen molar-refractivity contribution in [2.75, 3.05) is 14.1 Å². The minimum atomic E-state index is -2.99. The minimum Gasteiger partial charge on any atom is -0.510 e. The van der Waals surface area contributed by atoms with Gasteiger partial charge in [-0.3, -0.25) is 24.1 Å². The van der Waals surface area contributed by atoms with Crippen LogP contribution < -0.4 is 5.73 Å². The Balaban J connectivity index is 1.64. The summed E-state index contributed by atoms with van der Waals surface area (Å²) in [6.45, 7) is 1.68. The van der Waals surface area contributed by atoms with Crippen LogP contribution in [-0.4, -0.2) is 86.0 Å². The molecule has 226 valence electrons. The number of phenolic OH excluding ortho intramolecular Hbond substituents is 1. The third kappa shape index (κ3) is 3.60. The normalized spacial score (nSPS) is 28.2. The summed E-state index contributed by atoms with van der Waals surface area (Å²) in [5.41, 5.74) is 2.75. The number of benzene rings is 3. The summed E-state index contributed by atoms with van der Waals surface area (Å²) in [6, 6.07) is 12.2. The lowest BCUT2D eigenvalue weighted by molar-refractivity contribution is -0.162. The van der Waals surface area contributed by atoms with Gasteiger partial charge in [-0.05, 0) is 53.5 Å². The highest BCUT2D eigenvalue weighted by Gasteiger charge is 2.67. The van der Waals surface area contributed by atoms with Gasteiger partial charge in [-0.25, -0.2) is 0 Å². The second-order valence-corrected chi connectivity index (χ2v) is 11.8. The van der Waals surface area contributed by atoms with E-state index in [9.17, 15) is 44.7 Å². The number of likely N-dealkylation sites (N-methyl/N-ethyl adjacent to an activating group) is 1. The third-order valence-corrected chi connectivity index (χ3v) is 9.48. The molecule has 0 radical (unpaired) electrons. The van der Waals surface area contributed by atoms with Crippen molar-refractivity contribution < 1.29 is 44.7 Å². The molecule has 0 spiro atoms. The highest BCUT2D eigenvalue weighted by molar-refractivity contribution is 6.25. The quantitative estimate of drug-likeness (QED) is 0.191. The summed E-state index contributed by atoms with van der Waals surface area (Å²) in [7, 11) is 2.96. The summed E-state index contributed by atoms with van der Waals surface area (Å²) in [5.74, 6) is -9.62. The van der Waals surface area contributed by atoms with E-state index in [-0.39, 0.29) is 5.56 Å². The van der Waals surface area contributed by atoms with Crippen molar-refractivity contribution in [1.29, 1.82) is 0 Å². The zero-order valence-corrected chi connectivity index (χ0v) is 24.0. The number of ketones is 2. The van der Waals surface area contributed by atoms with Crippen molar-refractivity contribution >= 4 is 34.5 Å². The summed E-state index contributed by atoms with van der Waals surface area (Å²) < 4.78 is 0. The number of aldehydes is 1. The predicted octanol–water partition coefficient (Wildman–Crippen LogP) is 2.29. The number of nitrogens with zero attached hydrogens (tertiary/aromatic N) is 1. The van der Waals surface area contributed by atoms with Crippen LogP contribution in [0.2, 0.25) is 0 Å². The van der Waals surface area contributed by atoms with Crippen molar-refractivity contribution in [2.24, 2.45) is 17.6 Å². The number of carbonyl (C=O) groups excluding carboxylic acids is 4. The molecular formula is C33H30N2O9. The topological polar surface area (TPSA) is 199 Å². The smallest absolute Gasteiger partial charge is 0.255 e. The molecule has 0 heterocycles. The van der Waals surface area contributed by atoms with Gasteiger partial charge in [0.1, 0.15) is 22.8 Å². The standard InChI is InChI=1S/C33H30N2O9/c1-13-20-18(17-9-8-14(12-36)15-6-4-5-7-16(15)17)10-11-19(37)22(20)27(38)23-21(13)28(39)25-26(35(2)3)29(40)24(32(34)43)31(42)33(25,44)30(23)41/h4-13,21,25-26,28,37,39-41,44H,1-3H3,(H2,34,43)/t13-,21-,25-,26-,28-,33+/m1/s1. The lowest BCUT2D eigenvalue weighted by Gasteiger charge is -2.53. The molecule has 6 rings (SSSR count). The Morgan fingerprint density at radius 3 is 2.23 bits per heavy atom. The second-order valence-electron chi connectivity index (χ2n) is 11.8. The first-order valence-corrected chi connectivity index (χ1v) is 13.9. The van der Waals surface area contributed by atoms with E-state index in [4.69, 9.17) is 5.73 Å². The summed E-state index contributed by atoms with van der Waals surface area (Å²) >= 11 is 0. The maximum atomic E-state index is 14.2. The van der Waals surface area contributed by atoms with E-state index in [0.717, 1.165) is 6.29 Å². The molecule has 3 aliphatic rings. The Hall–Kier alpha value is -4.84. The molecule has 0 bridgehead atoms. The van der Waals surface area contributed by atoms with Gasteiger partial charge in [-0.1, -0.05) is 49.4 Å². The van der Waals surface area contributed by atoms with Gasteiger partial charge in [0.25, 0.3) is 5.91 Å². The van der Waals surface area contributed by atoms with E-state index in [1.807, 2.05) is 6.07 Å². The van der Waals surface area contributed by atoms with Gasteiger partial charge >= 0.3 is 0 Å². The number of aromatic hydroxyl groups is 1. The lowest BCUT2D eigenvalue weighted by atomic mass is 9.55. The molecule has 3 aromatic carbocycles. The van der Waals surface area contributed by atoms with Crippen molar-refractivity contribution in [3.05, 3.63) is 87.9 Å². The Kier molecular flexibility index (Phi) is 6.54. The molecule has 0 saturated heterocycles. The number of Topliss-reactive ketones (excluding diaryl/α,β-unsaturated/α-hetero) is 2. The third-order valence-electron chi connectivity index (χ3n) is 9.48. The largest absolute Gasteiger partial charge is 0.510 e. The number of rotatable bonds is 4. The maximum Gasteiger partial charge on any atom is 0.255 e. The van der Waals surface area contributed by atoms with Crippen LogP contribution in [-0.2, 0) is 9.59 Å². The number of aliphatic hydroxyl groups is 4. The number of nitrogens with two attached hydrogens (primary N) is 1. The number of primary amides is 1. The van der Waals surface area contributed by atoms with Gasteiger partial charge in [0.15, 0.2) is 17.7 Å². The van der Waals surface area contributed by atoms with Crippen molar-refractivity contribution in [2.45, 2.75) is 30.6 Å². The number of phenols is 1. The van der Waals surface area contributed by atoms with Crippen LogP contribution in [0.1, 0.15) is 39.1 Å². The van der Waals surface area contributed by atoms with E-state index in [2.05, 4.69) is 0 Å². The first-order valence-electron chi connectivity index (χ1n) is 13.9. The second kappa shape index (κ2) is 9.84. The molecule has 7 N–H and O–H groups in total. The number of carbonyl (C=O) groups is 4. The summed E-state index contributed by atoms with van der Waals surface area (Å²) in [4.78, 5) is 53.1. The van der Waals surface area contributed by atoms with Gasteiger partial charge in [-0.15, -0.1) is 0 Å². The molecule has 0 unspecified atom stereocenters. The maximum absolute atomic E-state index is 14.2. The van der Waals surface area contributed by atoms with Crippen LogP contribution in [0, 0.1) is 11.8 Å². The molecule has 3 aliphatic carbocycles. The Morgan fingerprint density at radius 2 is 1.61 bits per heavy atom. The summed E-state index contributed by atoms with van der Waals surface area (Å²) in [5, 5.41) is 58.8. The van der Waals surface area contributed by atoms with Gasteiger partial charge in [0.2, 0.25) is 5.78 Å². The van der Waals surface area contributed by atoms with Gasteiger partial charge in [0, 0.05) is 17.1 Å². The van der Waals surface area contributed by atoms with Gasteiger partial charge in [-0.2, -0.15) is 0 Å². The first kappa shape index (κ1) is 29.2. The van der Waals surface area contributed by atoms with Crippen molar-refractivity contribution in [3.63, 3.8) is 0 Å². The predicted molar refractivity (Wildman–Crippen MR) is 158 cm³/mol. The van der Waals surface area contributed by atoms with E-state index in [1.54, 1.807) is 43.3 Å². The lowest BCUT2D eigenvalue weighted by Crippen LogP contribution is -2.68. The molecule has 0 fully saturated rings. The Labute approximate surface area is 251 Å². The number of aliphatic hydroxyl groups excluding tert-OH is 3. The van der Waals surface area contributed by atoms with Crippen LogP contribution in [0.3, 0.4) is 0 Å². The number of fused-ring (bicyclic) bond motifs is 4. The zero-order valence-electron chi connectivity index (χ0n) is 24.0. The molecule has 0 saturated carbocycles. The van der Waals surface area contributed by atoms with Crippen LogP contribution in [0.15, 0.2) is 71.2 Å². The van der Waals surface area contributed by atoms with Gasteiger partial charge in [0.05, 0.1) is 23.6 Å². The average Bonchev–Trinajstić information content (AvgIpc) is 2.98. The van der Waals surface area contributed by atoms with E-state index in [0.29, 0.717) is 33.0 Å². The van der Waals surface area contributed by atoms with E-state index >= 15 is 0 Å². The Morgan fingerprint density at radius 1 is 0.977 bits per heavy atom. The zero-order chi connectivity index (χ0) is 32.0. The highest BCUT2D eigenvalue weighted by atomic mass is 16.4. The van der Waals surface area contributed by atoms with Crippen LogP contribution in [0.25, 0.3) is 21.9 Å². The minimum absolute atomic E-state index is 0.188. The molecule has 3 aromatic rings. The van der Waals surface area contributed by atoms with Crippen LogP contribution in [0.4, 0.5) is 0 Å². The molecule has 11 heteroatoms. The number of hydrogen-bond acceptors (Lipinski definition) is 10. The van der Waals surface area contributed by atoms with Crippen molar-refractivity contribution in [1.82, 2.24) is 4.90 Å². The Bertz CT molecular complexity index is 1890. The fraction of sp³-hybridized carbons (Fsp3) is 0.273. The van der Waals surface area contributed by atoms with Gasteiger partial charge < -0.3 is 31.3 Å². The first-order chi connectivity index (χ1) is 20.8. The van der Waals surface area contributed by atoms with Crippen LogP contribution in [0.5, 0.6) is 5.75 Å². The number of hydrogen-bond donors (Lipinski definition) is 6. The highest BCUT2D eigenvalue weighted by Crippen LogP contribution is 2.57. The molecule has 6 atom stereocenters. The van der Waals surface area contributed by atoms with E-state index in [1.165, 1.54) is 25.1 Å². The number of amides is 1. The molecule has 0 aromatic heterocycles. The van der Waals surface area contributed by atoms with E-state index < -0.39 is 81.4 Å². The fourth-order valence-electron chi connectivity index (χ4n) is 7.60. The molecule has 0 aliphatic heterocycles. The van der Waals surface area contributed by atoms with Crippen LogP contribution >= 0.6 is 0 Å². The SMILES string of the molecule is C[C@@H]1c2c(-c3ccc(C=O)c4ccccc34)ccc(O)c2C(=O)C2=C(O)[C@]3(O)C(=O)C(C(N)=O)=C(O)[C@H](N(C)C)[C@@H]3[C@H](O)[C@@H]21. The molecule has 44 heavy (non-hydrogen) atoms. The summed E-state index contributed by atoms with van der Waals surface area (Å²) in [6.07, 6.45) is -0.973. The monoisotopic (exact) mass is 598 g/mol. The van der Waals surface area contributed by atoms with Crippen molar-refractivity contribution in [3.8, 4) is 16.9 Å². The molecule has 1 amide bonds. The average molecular weight is 599 g/mol. The fourth-order valence-corrected chi connectivity index (χ4v) is 7.60. The molecular weight excluding hydrogens is 568 g/mol. The molecule has 11 nitrogen and oxygen atoms in total.